The van der Waals surface area contributed by atoms with Gasteiger partial charge in [-0.3, -0.25) is 0 Å². The largest absolute Gasteiger partial charge is 0.442 e. The first-order chi connectivity index (χ1) is 8.40. The molecule has 0 spiro atoms. The van der Waals surface area contributed by atoms with Crippen LogP contribution in [0.2, 0.25) is 0 Å². The summed E-state index contributed by atoms with van der Waals surface area (Å²) in [6.45, 7) is 0. The van der Waals surface area contributed by atoms with Gasteiger partial charge in [0.1, 0.15) is 6.07 Å². The summed E-state index contributed by atoms with van der Waals surface area (Å²) in [6.07, 6.45) is 1.30. The standard InChI is InChI=1S/C14H8N2O/c15-8-13-14(17-9-16-13)12-7-3-5-10-4-1-2-6-11(10)12/h1-7,9H. The molecule has 1 aromatic heterocycles. The third-order valence-electron chi connectivity index (χ3n) is 2.71. The van der Waals surface area contributed by atoms with Crippen molar-refractivity contribution in [3.8, 4) is 17.4 Å². The quantitative estimate of drug-likeness (QED) is 0.631. The normalized spacial score (nSPS) is 10.3. The van der Waals surface area contributed by atoms with E-state index in [1.807, 2.05) is 48.5 Å². The number of fused-ring (bicyclic) bond motifs is 1. The zero-order valence-corrected chi connectivity index (χ0v) is 8.92. The molecule has 0 fully saturated rings. The molecular formula is C14H8N2O. The molecule has 3 aromatic rings. The predicted octanol–water partition coefficient (Wildman–Crippen LogP) is 3.37. The molecule has 0 saturated carbocycles. The van der Waals surface area contributed by atoms with Crippen LogP contribution in [0.3, 0.4) is 0 Å². The van der Waals surface area contributed by atoms with Gasteiger partial charge in [0.15, 0.2) is 17.8 Å². The molecule has 0 unspecified atom stereocenters. The predicted molar refractivity (Wildman–Crippen MR) is 64.2 cm³/mol. The molecule has 0 atom stereocenters. The average molecular weight is 220 g/mol. The van der Waals surface area contributed by atoms with Crippen LogP contribution in [-0.2, 0) is 0 Å². The van der Waals surface area contributed by atoms with Gasteiger partial charge in [0.2, 0.25) is 0 Å². The van der Waals surface area contributed by atoms with Crippen LogP contribution < -0.4 is 0 Å². The zero-order valence-electron chi connectivity index (χ0n) is 8.92. The van der Waals surface area contributed by atoms with Gasteiger partial charge in [0.25, 0.3) is 0 Å². The third-order valence-corrected chi connectivity index (χ3v) is 2.71. The van der Waals surface area contributed by atoms with E-state index in [2.05, 4.69) is 4.98 Å². The first-order valence-corrected chi connectivity index (χ1v) is 5.22. The Kier molecular flexibility index (Phi) is 2.13. The SMILES string of the molecule is N#Cc1ncoc1-c1cccc2ccccc12. The Morgan fingerprint density at radius 3 is 2.76 bits per heavy atom. The van der Waals surface area contributed by atoms with Crippen molar-refractivity contribution in [2.24, 2.45) is 0 Å². The minimum Gasteiger partial charge on any atom is -0.442 e. The van der Waals surface area contributed by atoms with Gasteiger partial charge >= 0.3 is 0 Å². The summed E-state index contributed by atoms with van der Waals surface area (Å²) < 4.78 is 5.32. The van der Waals surface area contributed by atoms with Gasteiger partial charge in [-0.25, -0.2) is 4.98 Å². The van der Waals surface area contributed by atoms with Crippen molar-refractivity contribution in [1.29, 1.82) is 5.26 Å². The van der Waals surface area contributed by atoms with Crippen molar-refractivity contribution < 1.29 is 4.42 Å². The van der Waals surface area contributed by atoms with Crippen molar-refractivity contribution in [1.82, 2.24) is 4.98 Å². The molecule has 3 nitrogen and oxygen atoms in total. The molecule has 1 heterocycles. The van der Waals surface area contributed by atoms with Gasteiger partial charge in [0, 0.05) is 5.56 Å². The molecule has 0 aliphatic carbocycles. The molecule has 0 aliphatic heterocycles. The average Bonchev–Trinajstić information content (AvgIpc) is 2.86. The highest BCUT2D eigenvalue weighted by Crippen LogP contribution is 2.30. The maximum Gasteiger partial charge on any atom is 0.187 e. The fourth-order valence-corrected chi connectivity index (χ4v) is 1.94. The Hall–Kier alpha value is -2.60. The summed E-state index contributed by atoms with van der Waals surface area (Å²) >= 11 is 0. The molecule has 0 N–H and O–H groups in total. The van der Waals surface area contributed by atoms with E-state index < -0.39 is 0 Å². The second-order valence-corrected chi connectivity index (χ2v) is 3.67. The second-order valence-electron chi connectivity index (χ2n) is 3.67. The molecule has 2 aromatic carbocycles. The zero-order chi connectivity index (χ0) is 11.7. The van der Waals surface area contributed by atoms with Crippen molar-refractivity contribution in [3.63, 3.8) is 0 Å². The van der Waals surface area contributed by atoms with Crippen LogP contribution in [0.4, 0.5) is 0 Å². The Bertz CT molecular complexity index is 717. The summed E-state index contributed by atoms with van der Waals surface area (Å²) in [4.78, 5) is 3.89. The Morgan fingerprint density at radius 1 is 1.06 bits per heavy atom. The number of hydrogen-bond donors (Lipinski definition) is 0. The molecule has 0 radical (unpaired) electrons. The lowest BCUT2D eigenvalue weighted by Crippen LogP contribution is -1.82. The van der Waals surface area contributed by atoms with Crippen LogP contribution in [-0.4, -0.2) is 4.98 Å². The monoisotopic (exact) mass is 220 g/mol. The van der Waals surface area contributed by atoms with E-state index in [0.29, 0.717) is 11.5 Å². The van der Waals surface area contributed by atoms with Crippen molar-refractivity contribution in [2.45, 2.75) is 0 Å². The summed E-state index contributed by atoms with van der Waals surface area (Å²) in [7, 11) is 0. The van der Waals surface area contributed by atoms with Crippen LogP contribution in [0.1, 0.15) is 5.69 Å². The van der Waals surface area contributed by atoms with E-state index in [0.717, 1.165) is 16.3 Å². The first kappa shape index (κ1) is 9.61. The molecule has 0 bridgehead atoms. The topological polar surface area (TPSA) is 49.8 Å². The van der Waals surface area contributed by atoms with Crippen LogP contribution in [0, 0.1) is 11.3 Å². The molecule has 80 valence electrons. The van der Waals surface area contributed by atoms with Crippen molar-refractivity contribution in [2.75, 3.05) is 0 Å². The lowest BCUT2D eigenvalue weighted by Gasteiger charge is -2.03. The number of oxazole rings is 1. The van der Waals surface area contributed by atoms with Crippen LogP contribution in [0.15, 0.2) is 53.3 Å². The number of benzene rings is 2. The molecule has 0 aliphatic rings. The van der Waals surface area contributed by atoms with Gasteiger partial charge < -0.3 is 4.42 Å². The van der Waals surface area contributed by atoms with Gasteiger partial charge in [0.05, 0.1) is 0 Å². The van der Waals surface area contributed by atoms with E-state index in [9.17, 15) is 0 Å². The highest BCUT2D eigenvalue weighted by Gasteiger charge is 2.12. The lowest BCUT2D eigenvalue weighted by atomic mass is 10.0. The highest BCUT2D eigenvalue weighted by atomic mass is 16.3. The summed E-state index contributed by atoms with van der Waals surface area (Å²) in [6, 6.07) is 15.9. The van der Waals surface area contributed by atoms with Gasteiger partial charge in [-0.15, -0.1) is 0 Å². The number of hydrogen-bond acceptors (Lipinski definition) is 3. The van der Waals surface area contributed by atoms with Crippen LogP contribution in [0.25, 0.3) is 22.1 Å². The van der Waals surface area contributed by atoms with E-state index in [4.69, 9.17) is 9.68 Å². The maximum absolute atomic E-state index is 8.97. The third kappa shape index (κ3) is 1.47. The van der Waals surface area contributed by atoms with Crippen molar-refractivity contribution in [3.05, 3.63) is 54.6 Å². The minimum atomic E-state index is 0.321. The summed E-state index contributed by atoms with van der Waals surface area (Å²) in [5.41, 5.74) is 1.22. The van der Waals surface area contributed by atoms with E-state index in [1.54, 1.807) is 0 Å². The van der Waals surface area contributed by atoms with Gasteiger partial charge in [-0.2, -0.15) is 5.26 Å². The number of nitrogens with zero attached hydrogens (tertiary/aromatic N) is 2. The Labute approximate surface area is 97.9 Å². The van der Waals surface area contributed by atoms with E-state index >= 15 is 0 Å². The molecule has 3 heteroatoms. The second kappa shape index (κ2) is 3.76. The fraction of sp³-hybridized carbons (Fsp3) is 0. The lowest BCUT2D eigenvalue weighted by molar-refractivity contribution is 0.572. The highest BCUT2D eigenvalue weighted by molar-refractivity contribution is 5.96. The molecule has 17 heavy (non-hydrogen) atoms. The van der Waals surface area contributed by atoms with Gasteiger partial charge in [-0.05, 0) is 10.8 Å². The number of rotatable bonds is 1. The first-order valence-electron chi connectivity index (χ1n) is 5.22. The van der Waals surface area contributed by atoms with Crippen LogP contribution in [0.5, 0.6) is 0 Å². The number of aromatic nitrogens is 1. The summed E-state index contributed by atoms with van der Waals surface area (Å²) in [5.74, 6) is 0.532. The molecule has 0 amide bonds. The summed E-state index contributed by atoms with van der Waals surface area (Å²) in [5, 5.41) is 11.1. The van der Waals surface area contributed by atoms with E-state index in [1.165, 1.54) is 6.39 Å². The van der Waals surface area contributed by atoms with E-state index in [-0.39, 0.29) is 0 Å². The maximum atomic E-state index is 8.97. The van der Waals surface area contributed by atoms with Crippen LogP contribution >= 0.6 is 0 Å². The minimum absolute atomic E-state index is 0.321. The van der Waals surface area contributed by atoms with Crippen molar-refractivity contribution >= 4 is 10.8 Å². The van der Waals surface area contributed by atoms with Gasteiger partial charge in [-0.1, -0.05) is 42.5 Å². The fourth-order valence-electron chi connectivity index (χ4n) is 1.94. The number of nitriles is 1. The molecular weight excluding hydrogens is 212 g/mol. The molecule has 0 saturated heterocycles. The Morgan fingerprint density at radius 2 is 1.88 bits per heavy atom. The Balaban J connectivity index is 2.35. The molecule has 3 rings (SSSR count). The smallest absolute Gasteiger partial charge is 0.187 e.